The van der Waals surface area contributed by atoms with Crippen LogP contribution in [0.25, 0.3) is 11.8 Å². The molecule has 2 aromatic rings. The molecule has 0 saturated carbocycles. The molecule has 1 aromatic carbocycles. The van der Waals surface area contributed by atoms with Crippen LogP contribution < -0.4 is 4.74 Å². The van der Waals surface area contributed by atoms with Gasteiger partial charge in [-0.25, -0.2) is 0 Å². The molecule has 1 aliphatic rings. The number of aromatic nitrogens is 1. The SMILES string of the molecule is CCN1C(=O)/C(=C/c2cccn2-c2ccc(OC)cc2)SC1=S. The highest BCUT2D eigenvalue weighted by Gasteiger charge is 2.30. The van der Waals surface area contributed by atoms with Gasteiger partial charge in [0, 0.05) is 24.1 Å². The average molecular weight is 344 g/mol. The zero-order chi connectivity index (χ0) is 16.4. The van der Waals surface area contributed by atoms with Crippen LogP contribution in [0, 0.1) is 0 Å². The van der Waals surface area contributed by atoms with Gasteiger partial charge in [0.25, 0.3) is 5.91 Å². The molecule has 118 valence electrons. The van der Waals surface area contributed by atoms with Crippen molar-refractivity contribution in [3.63, 3.8) is 0 Å². The Morgan fingerprint density at radius 2 is 2.00 bits per heavy atom. The number of rotatable bonds is 4. The van der Waals surface area contributed by atoms with Gasteiger partial charge in [-0.1, -0.05) is 24.0 Å². The van der Waals surface area contributed by atoms with Gasteiger partial charge in [-0.3, -0.25) is 9.69 Å². The molecular weight excluding hydrogens is 328 g/mol. The van der Waals surface area contributed by atoms with Crippen LogP contribution in [0.2, 0.25) is 0 Å². The summed E-state index contributed by atoms with van der Waals surface area (Å²) >= 11 is 6.60. The van der Waals surface area contributed by atoms with Crippen molar-refractivity contribution in [2.45, 2.75) is 6.92 Å². The third kappa shape index (κ3) is 3.04. The predicted molar refractivity (Wildman–Crippen MR) is 97.9 cm³/mol. The zero-order valence-corrected chi connectivity index (χ0v) is 14.5. The first-order valence-corrected chi connectivity index (χ1v) is 8.43. The number of thioether (sulfide) groups is 1. The van der Waals surface area contributed by atoms with E-state index in [1.54, 1.807) is 12.0 Å². The summed E-state index contributed by atoms with van der Waals surface area (Å²) in [4.78, 5) is 14.6. The molecule has 6 heteroatoms. The van der Waals surface area contributed by atoms with E-state index in [2.05, 4.69) is 0 Å². The number of benzene rings is 1. The van der Waals surface area contributed by atoms with Crippen molar-refractivity contribution in [2.75, 3.05) is 13.7 Å². The van der Waals surface area contributed by atoms with Crippen LogP contribution in [-0.2, 0) is 4.79 Å². The minimum atomic E-state index is -0.0232. The van der Waals surface area contributed by atoms with E-state index < -0.39 is 0 Å². The average Bonchev–Trinajstić information content (AvgIpc) is 3.13. The summed E-state index contributed by atoms with van der Waals surface area (Å²) in [6.07, 6.45) is 3.85. The summed E-state index contributed by atoms with van der Waals surface area (Å²) in [5.41, 5.74) is 1.94. The molecule has 2 heterocycles. The second-order valence-electron chi connectivity index (χ2n) is 4.93. The minimum absolute atomic E-state index is 0.0232. The summed E-state index contributed by atoms with van der Waals surface area (Å²) in [6, 6.07) is 11.7. The van der Waals surface area contributed by atoms with Crippen LogP contribution in [0.3, 0.4) is 0 Å². The molecule has 1 fully saturated rings. The van der Waals surface area contributed by atoms with Crippen LogP contribution in [0.5, 0.6) is 5.75 Å². The third-order valence-electron chi connectivity index (χ3n) is 3.60. The first-order valence-electron chi connectivity index (χ1n) is 7.21. The molecular formula is C17H16N2O2S2. The van der Waals surface area contributed by atoms with Gasteiger partial charge in [0.2, 0.25) is 0 Å². The van der Waals surface area contributed by atoms with Crippen molar-refractivity contribution >= 4 is 40.3 Å². The van der Waals surface area contributed by atoms with Crippen LogP contribution in [0.15, 0.2) is 47.5 Å². The highest BCUT2D eigenvalue weighted by molar-refractivity contribution is 8.26. The summed E-state index contributed by atoms with van der Waals surface area (Å²) in [5, 5.41) is 0. The normalized spacial score (nSPS) is 16.4. The largest absolute Gasteiger partial charge is 0.497 e. The highest BCUT2D eigenvalue weighted by atomic mass is 32.2. The van der Waals surface area contributed by atoms with Gasteiger partial charge >= 0.3 is 0 Å². The molecule has 0 N–H and O–H groups in total. The fourth-order valence-electron chi connectivity index (χ4n) is 2.40. The van der Waals surface area contributed by atoms with Crippen molar-refractivity contribution in [1.29, 1.82) is 0 Å². The Labute approximate surface area is 144 Å². The molecule has 0 unspecified atom stereocenters. The van der Waals surface area contributed by atoms with Gasteiger partial charge < -0.3 is 9.30 Å². The van der Waals surface area contributed by atoms with Crippen molar-refractivity contribution < 1.29 is 9.53 Å². The molecule has 0 radical (unpaired) electrons. The lowest BCUT2D eigenvalue weighted by Gasteiger charge is -2.10. The number of carbonyl (C=O) groups is 1. The number of hydrogen-bond donors (Lipinski definition) is 0. The van der Waals surface area contributed by atoms with Gasteiger partial charge in [-0.15, -0.1) is 0 Å². The molecule has 3 rings (SSSR count). The van der Waals surface area contributed by atoms with E-state index in [0.29, 0.717) is 15.8 Å². The Bertz CT molecular complexity index is 778. The maximum absolute atomic E-state index is 12.3. The van der Waals surface area contributed by atoms with Crippen molar-refractivity contribution in [1.82, 2.24) is 9.47 Å². The van der Waals surface area contributed by atoms with E-state index in [4.69, 9.17) is 17.0 Å². The zero-order valence-electron chi connectivity index (χ0n) is 12.9. The fourth-order valence-corrected chi connectivity index (χ4v) is 3.77. The van der Waals surface area contributed by atoms with E-state index in [0.717, 1.165) is 17.1 Å². The van der Waals surface area contributed by atoms with E-state index in [-0.39, 0.29) is 5.91 Å². The third-order valence-corrected chi connectivity index (χ3v) is 4.98. The number of carbonyl (C=O) groups excluding carboxylic acids is 1. The Balaban J connectivity index is 1.94. The molecule has 23 heavy (non-hydrogen) atoms. The molecule has 0 bridgehead atoms. The highest BCUT2D eigenvalue weighted by Crippen LogP contribution is 2.32. The van der Waals surface area contributed by atoms with Crippen molar-refractivity contribution in [3.8, 4) is 11.4 Å². The lowest BCUT2D eigenvalue weighted by molar-refractivity contribution is -0.121. The first kappa shape index (κ1) is 15.8. The Kier molecular flexibility index (Phi) is 4.54. The van der Waals surface area contributed by atoms with Gasteiger partial charge in [0.15, 0.2) is 0 Å². The molecule has 1 saturated heterocycles. The molecule has 1 aromatic heterocycles. The van der Waals surface area contributed by atoms with E-state index in [1.165, 1.54) is 11.8 Å². The number of nitrogens with zero attached hydrogens (tertiary/aromatic N) is 2. The molecule has 1 aliphatic heterocycles. The molecule has 0 spiro atoms. The topological polar surface area (TPSA) is 34.5 Å². The fraction of sp³-hybridized carbons (Fsp3) is 0.176. The molecule has 4 nitrogen and oxygen atoms in total. The summed E-state index contributed by atoms with van der Waals surface area (Å²) in [5.74, 6) is 0.788. The number of hydrogen-bond acceptors (Lipinski definition) is 4. The molecule has 1 amide bonds. The van der Waals surface area contributed by atoms with Gasteiger partial charge in [-0.2, -0.15) is 0 Å². The minimum Gasteiger partial charge on any atom is -0.497 e. The second kappa shape index (κ2) is 6.60. The summed E-state index contributed by atoms with van der Waals surface area (Å²) in [7, 11) is 1.64. The summed E-state index contributed by atoms with van der Waals surface area (Å²) < 4.78 is 7.83. The number of likely N-dealkylation sites (N-methyl/N-ethyl adjacent to an activating group) is 1. The Hall–Kier alpha value is -2.05. The van der Waals surface area contributed by atoms with Crippen LogP contribution >= 0.6 is 24.0 Å². The lowest BCUT2D eigenvalue weighted by atomic mass is 10.3. The monoisotopic (exact) mass is 344 g/mol. The van der Waals surface area contributed by atoms with Crippen LogP contribution in [-0.4, -0.2) is 33.3 Å². The number of thiocarbonyl (C=S) groups is 1. The van der Waals surface area contributed by atoms with Gasteiger partial charge in [0.05, 0.1) is 12.0 Å². The van der Waals surface area contributed by atoms with Gasteiger partial charge in [0.1, 0.15) is 10.1 Å². The van der Waals surface area contributed by atoms with Crippen molar-refractivity contribution in [2.24, 2.45) is 0 Å². The first-order chi connectivity index (χ1) is 11.1. The standard InChI is InChI=1S/C17H16N2O2S2/c1-3-18-16(20)15(23-17(18)22)11-13-5-4-10-19(13)12-6-8-14(21-2)9-7-12/h4-11H,3H2,1-2H3/b15-11-. The maximum atomic E-state index is 12.3. The maximum Gasteiger partial charge on any atom is 0.266 e. The van der Waals surface area contributed by atoms with Crippen LogP contribution in [0.4, 0.5) is 0 Å². The quantitative estimate of drug-likeness (QED) is 0.626. The van der Waals surface area contributed by atoms with E-state index in [9.17, 15) is 4.79 Å². The molecule has 0 aliphatic carbocycles. The number of ether oxygens (including phenoxy) is 1. The Morgan fingerprint density at radius 1 is 1.26 bits per heavy atom. The number of methoxy groups -OCH3 is 1. The smallest absolute Gasteiger partial charge is 0.266 e. The van der Waals surface area contributed by atoms with Crippen molar-refractivity contribution in [3.05, 3.63) is 53.2 Å². The van der Waals surface area contributed by atoms with E-state index >= 15 is 0 Å². The predicted octanol–water partition coefficient (Wildman–Crippen LogP) is 3.71. The molecule has 0 atom stereocenters. The van der Waals surface area contributed by atoms with Gasteiger partial charge in [-0.05, 0) is 49.4 Å². The summed E-state index contributed by atoms with van der Waals surface area (Å²) in [6.45, 7) is 2.52. The van der Waals surface area contributed by atoms with E-state index in [1.807, 2.05) is 60.2 Å². The second-order valence-corrected chi connectivity index (χ2v) is 6.60. The lowest BCUT2D eigenvalue weighted by Crippen LogP contribution is -2.27. The number of amides is 1. The van der Waals surface area contributed by atoms with Crippen LogP contribution in [0.1, 0.15) is 12.6 Å². The Morgan fingerprint density at radius 3 is 2.61 bits per heavy atom.